The van der Waals surface area contributed by atoms with Gasteiger partial charge in [-0.1, -0.05) is 24.3 Å². The minimum absolute atomic E-state index is 0.386. The van der Waals surface area contributed by atoms with Gasteiger partial charge in [0.1, 0.15) is 0 Å². The Balaban J connectivity index is 1.79. The van der Waals surface area contributed by atoms with E-state index in [4.69, 9.17) is 5.73 Å². The molecule has 2 bridgehead atoms. The Labute approximate surface area is 104 Å². The van der Waals surface area contributed by atoms with E-state index in [1.807, 2.05) is 0 Å². The number of aryl methyl sites for hydroxylation is 1. The van der Waals surface area contributed by atoms with Crippen LogP contribution >= 0.6 is 0 Å². The first-order valence-electron chi connectivity index (χ1n) is 6.80. The van der Waals surface area contributed by atoms with Crippen molar-refractivity contribution in [2.24, 2.45) is 11.7 Å². The van der Waals surface area contributed by atoms with E-state index in [1.165, 1.54) is 37.1 Å². The standard InChI is InChI=1S/C15H22N2/c1-11-4-2-3-5-13(11)10-14-15(16)12-6-8-17(14)9-7-12/h2-5,12,14-15H,6-10,16H2,1H3/t14-,15+/m0/s1. The van der Waals surface area contributed by atoms with Crippen molar-refractivity contribution in [3.63, 3.8) is 0 Å². The van der Waals surface area contributed by atoms with Crippen LogP contribution in [0.2, 0.25) is 0 Å². The molecule has 4 rings (SSSR count). The highest BCUT2D eigenvalue weighted by molar-refractivity contribution is 5.27. The summed E-state index contributed by atoms with van der Waals surface area (Å²) in [6, 6.07) is 9.68. The van der Waals surface area contributed by atoms with Gasteiger partial charge >= 0.3 is 0 Å². The molecule has 2 N–H and O–H groups in total. The minimum atomic E-state index is 0.386. The maximum absolute atomic E-state index is 6.42. The highest BCUT2D eigenvalue weighted by Crippen LogP contribution is 2.32. The SMILES string of the molecule is Cc1ccccc1C[C@H]1[C@H](N)C2CCN1CC2. The lowest BCUT2D eigenvalue weighted by atomic mass is 9.77. The van der Waals surface area contributed by atoms with Gasteiger partial charge in [0, 0.05) is 12.1 Å². The van der Waals surface area contributed by atoms with Crippen LogP contribution in [0, 0.1) is 12.8 Å². The summed E-state index contributed by atoms with van der Waals surface area (Å²) in [7, 11) is 0. The zero-order valence-corrected chi connectivity index (χ0v) is 10.6. The topological polar surface area (TPSA) is 29.3 Å². The van der Waals surface area contributed by atoms with E-state index >= 15 is 0 Å². The first-order chi connectivity index (χ1) is 8.25. The number of nitrogens with zero attached hydrogens (tertiary/aromatic N) is 1. The molecule has 0 radical (unpaired) electrons. The predicted octanol–water partition coefficient (Wildman–Crippen LogP) is 1.96. The molecule has 0 amide bonds. The van der Waals surface area contributed by atoms with Crippen LogP contribution in [0.3, 0.4) is 0 Å². The third kappa shape index (κ3) is 2.00. The van der Waals surface area contributed by atoms with Crippen molar-refractivity contribution in [1.82, 2.24) is 4.90 Å². The zero-order valence-electron chi connectivity index (χ0n) is 10.6. The Hall–Kier alpha value is -0.860. The molecule has 0 spiro atoms. The average molecular weight is 230 g/mol. The first kappa shape index (κ1) is 11.2. The van der Waals surface area contributed by atoms with Gasteiger partial charge in [-0.3, -0.25) is 4.90 Å². The molecule has 92 valence electrons. The van der Waals surface area contributed by atoms with Crippen LogP contribution in [-0.4, -0.2) is 30.1 Å². The molecular formula is C15H22N2. The fourth-order valence-corrected chi connectivity index (χ4v) is 3.52. The molecule has 0 aliphatic carbocycles. The van der Waals surface area contributed by atoms with Crippen molar-refractivity contribution in [3.8, 4) is 0 Å². The molecule has 3 heterocycles. The molecule has 0 saturated carbocycles. The van der Waals surface area contributed by atoms with Gasteiger partial charge in [0.25, 0.3) is 0 Å². The van der Waals surface area contributed by atoms with Crippen molar-refractivity contribution in [3.05, 3.63) is 35.4 Å². The Morgan fingerprint density at radius 3 is 2.59 bits per heavy atom. The van der Waals surface area contributed by atoms with E-state index in [2.05, 4.69) is 36.1 Å². The monoisotopic (exact) mass is 230 g/mol. The smallest absolute Gasteiger partial charge is 0.0290 e. The van der Waals surface area contributed by atoms with Crippen LogP contribution < -0.4 is 5.73 Å². The lowest BCUT2D eigenvalue weighted by Gasteiger charge is -2.50. The van der Waals surface area contributed by atoms with E-state index in [1.54, 1.807) is 0 Å². The Morgan fingerprint density at radius 1 is 1.24 bits per heavy atom. The summed E-state index contributed by atoms with van der Waals surface area (Å²) in [6.45, 7) is 4.72. The lowest BCUT2D eigenvalue weighted by molar-refractivity contribution is 0.0287. The third-order valence-electron chi connectivity index (χ3n) is 4.72. The van der Waals surface area contributed by atoms with Crippen LogP contribution in [-0.2, 0) is 6.42 Å². The molecule has 2 atom stereocenters. The van der Waals surface area contributed by atoms with Crippen molar-refractivity contribution >= 4 is 0 Å². The number of hydrogen-bond acceptors (Lipinski definition) is 2. The largest absolute Gasteiger partial charge is 0.326 e. The lowest BCUT2D eigenvalue weighted by Crippen LogP contribution is -2.61. The predicted molar refractivity (Wildman–Crippen MR) is 70.9 cm³/mol. The average Bonchev–Trinajstić information content (AvgIpc) is 2.36. The van der Waals surface area contributed by atoms with Crippen LogP contribution in [0.5, 0.6) is 0 Å². The number of fused-ring (bicyclic) bond motifs is 3. The first-order valence-corrected chi connectivity index (χ1v) is 6.80. The summed E-state index contributed by atoms with van der Waals surface area (Å²) in [5.41, 5.74) is 9.30. The molecular weight excluding hydrogens is 208 g/mol. The summed E-state index contributed by atoms with van der Waals surface area (Å²) < 4.78 is 0. The maximum atomic E-state index is 6.42. The summed E-state index contributed by atoms with van der Waals surface area (Å²) in [6.07, 6.45) is 3.75. The van der Waals surface area contributed by atoms with E-state index in [0.717, 1.165) is 12.3 Å². The summed E-state index contributed by atoms with van der Waals surface area (Å²) in [4.78, 5) is 2.61. The second-order valence-corrected chi connectivity index (χ2v) is 5.65. The van der Waals surface area contributed by atoms with Gasteiger partial charge in [0.05, 0.1) is 0 Å². The van der Waals surface area contributed by atoms with E-state index < -0.39 is 0 Å². The van der Waals surface area contributed by atoms with Crippen molar-refractivity contribution in [2.45, 2.75) is 38.3 Å². The normalized spacial score (nSPS) is 36.1. The Kier molecular flexibility index (Phi) is 2.93. The van der Waals surface area contributed by atoms with Gasteiger partial charge in [-0.05, 0) is 56.3 Å². The van der Waals surface area contributed by atoms with Crippen molar-refractivity contribution < 1.29 is 0 Å². The fraction of sp³-hybridized carbons (Fsp3) is 0.600. The minimum Gasteiger partial charge on any atom is -0.326 e. The van der Waals surface area contributed by atoms with Gasteiger partial charge in [-0.25, -0.2) is 0 Å². The van der Waals surface area contributed by atoms with Crippen molar-refractivity contribution in [2.75, 3.05) is 13.1 Å². The second kappa shape index (κ2) is 4.43. The van der Waals surface area contributed by atoms with E-state index in [9.17, 15) is 0 Å². The molecule has 3 aliphatic rings. The summed E-state index contributed by atoms with van der Waals surface area (Å²) >= 11 is 0. The summed E-state index contributed by atoms with van der Waals surface area (Å²) in [5, 5.41) is 0. The molecule has 0 aromatic heterocycles. The quantitative estimate of drug-likeness (QED) is 0.841. The second-order valence-electron chi connectivity index (χ2n) is 5.65. The zero-order chi connectivity index (χ0) is 11.8. The molecule has 1 aromatic carbocycles. The van der Waals surface area contributed by atoms with Gasteiger partial charge in [-0.2, -0.15) is 0 Å². The molecule has 17 heavy (non-hydrogen) atoms. The highest BCUT2D eigenvalue weighted by Gasteiger charge is 2.39. The number of piperidine rings is 3. The molecule has 0 unspecified atom stereocenters. The summed E-state index contributed by atoms with van der Waals surface area (Å²) in [5.74, 6) is 0.772. The van der Waals surface area contributed by atoms with Crippen LogP contribution in [0.1, 0.15) is 24.0 Å². The van der Waals surface area contributed by atoms with Gasteiger partial charge < -0.3 is 5.73 Å². The fourth-order valence-electron chi connectivity index (χ4n) is 3.52. The third-order valence-corrected chi connectivity index (χ3v) is 4.72. The number of nitrogens with two attached hydrogens (primary N) is 1. The van der Waals surface area contributed by atoms with Crippen LogP contribution in [0.25, 0.3) is 0 Å². The molecule has 2 nitrogen and oxygen atoms in total. The highest BCUT2D eigenvalue weighted by atomic mass is 15.2. The Bertz CT molecular complexity index is 392. The Morgan fingerprint density at radius 2 is 1.94 bits per heavy atom. The molecule has 2 heteroatoms. The van der Waals surface area contributed by atoms with Crippen LogP contribution in [0.15, 0.2) is 24.3 Å². The molecule has 1 aromatic rings. The van der Waals surface area contributed by atoms with E-state index in [0.29, 0.717) is 12.1 Å². The van der Waals surface area contributed by atoms with Crippen molar-refractivity contribution in [1.29, 1.82) is 0 Å². The maximum Gasteiger partial charge on any atom is 0.0290 e. The van der Waals surface area contributed by atoms with E-state index in [-0.39, 0.29) is 0 Å². The molecule has 3 aliphatic heterocycles. The van der Waals surface area contributed by atoms with Gasteiger partial charge in [0.15, 0.2) is 0 Å². The number of rotatable bonds is 2. The van der Waals surface area contributed by atoms with Crippen LogP contribution in [0.4, 0.5) is 0 Å². The molecule has 3 saturated heterocycles. The van der Waals surface area contributed by atoms with Gasteiger partial charge in [-0.15, -0.1) is 0 Å². The van der Waals surface area contributed by atoms with Gasteiger partial charge in [0.2, 0.25) is 0 Å². The number of hydrogen-bond donors (Lipinski definition) is 1. The number of benzene rings is 1. The molecule has 3 fully saturated rings.